The van der Waals surface area contributed by atoms with Crippen molar-refractivity contribution in [2.45, 2.75) is 40.7 Å². The molecule has 1 aromatic rings. The SMILES string of the molecule is CC(C)[C@H](N)C(=O)Nc1cccc(NC(=O)C(C)(C)C)n1. The Morgan fingerprint density at radius 3 is 2.14 bits per heavy atom. The van der Waals surface area contributed by atoms with E-state index in [2.05, 4.69) is 15.6 Å². The smallest absolute Gasteiger partial charge is 0.242 e. The molecular weight excluding hydrogens is 268 g/mol. The lowest BCUT2D eigenvalue weighted by Crippen LogP contribution is -2.40. The van der Waals surface area contributed by atoms with Gasteiger partial charge in [0.1, 0.15) is 11.6 Å². The van der Waals surface area contributed by atoms with Gasteiger partial charge < -0.3 is 16.4 Å². The van der Waals surface area contributed by atoms with Crippen LogP contribution in [0.3, 0.4) is 0 Å². The van der Waals surface area contributed by atoms with Crippen LogP contribution in [0.1, 0.15) is 34.6 Å². The number of hydrogen-bond donors (Lipinski definition) is 3. The van der Waals surface area contributed by atoms with Crippen LogP contribution in [0, 0.1) is 11.3 Å². The van der Waals surface area contributed by atoms with Crippen molar-refractivity contribution in [2.24, 2.45) is 17.1 Å². The third-order valence-corrected chi connectivity index (χ3v) is 2.94. The highest BCUT2D eigenvalue weighted by Crippen LogP contribution is 2.17. The molecule has 1 heterocycles. The molecule has 21 heavy (non-hydrogen) atoms. The van der Waals surface area contributed by atoms with E-state index >= 15 is 0 Å². The molecule has 116 valence electrons. The van der Waals surface area contributed by atoms with Gasteiger partial charge in [0.15, 0.2) is 0 Å². The Bertz CT molecular complexity index is 521. The maximum Gasteiger partial charge on any atom is 0.242 e. The molecule has 0 saturated heterocycles. The van der Waals surface area contributed by atoms with Crippen molar-refractivity contribution >= 4 is 23.5 Å². The molecule has 0 radical (unpaired) electrons. The first-order chi connectivity index (χ1) is 9.61. The van der Waals surface area contributed by atoms with Crippen molar-refractivity contribution in [3.8, 4) is 0 Å². The molecule has 0 aliphatic rings. The van der Waals surface area contributed by atoms with Crippen molar-refractivity contribution in [1.82, 2.24) is 4.98 Å². The van der Waals surface area contributed by atoms with E-state index in [1.807, 2.05) is 34.6 Å². The van der Waals surface area contributed by atoms with E-state index in [0.29, 0.717) is 11.6 Å². The van der Waals surface area contributed by atoms with Crippen LogP contribution in [-0.4, -0.2) is 22.8 Å². The minimum Gasteiger partial charge on any atom is -0.320 e. The lowest BCUT2D eigenvalue weighted by Gasteiger charge is -2.18. The summed E-state index contributed by atoms with van der Waals surface area (Å²) in [5.74, 6) is 0.358. The molecule has 6 heteroatoms. The van der Waals surface area contributed by atoms with E-state index in [9.17, 15) is 9.59 Å². The van der Waals surface area contributed by atoms with E-state index in [4.69, 9.17) is 5.73 Å². The van der Waals surface area contributed by atoms with E-state index in [1.54, 1.807) is 18.2 Å². The molecule has 2 amide bonds. The molecule has 6 nitrogen and oxygen atoms in total. The van der Waals surface area contributed by atoms with Crippen LogP contribution in [0.2, 0.25) is 0 Å². The highest BCUT2D eigenvalue weighted by atomic mass is 16.2. The van der Waals surface area contributed by atoms with Crippen molar-refractivity contribution in [2.75, 3.05) is 10.6 Å². The number of nitrogens with zero attached hydrogens (tertiary/aromatic N) is 1. The molecule has 0 bridgehead atoms. The van der Waals surface area contributed by atoms with Crippen molar-refractivity contribution in [3.05, 3.63) is 18.2 Å². The third-order valence-electron chi connectivity index (χ3n) is 2.94. The van der Waals surface area contributed by atoms with Crippen LogP contribution >= 0.6 is 0 Å². The topological polar surface area (TPSA) is 97.1 Å². The fourth-order valence-electron chi connectivity index (χ4n) is 1.39. The van der Waals surface area contributed by atoms with E-state index in [1.165, 1.54) is 0 Å². The third kappa shape index (κ3) is 5.15. The van der Waals surface area contributed by atoms with Gasteiger partial charge in [0.05, 0.1) is 6.04 Å². The van der Waals surface area contributed by atoms with Gasteiger partial charge in [0.2, 0.25) is 11.8 Å². The first-order valence-electron chi connectivity index (χ1n) is 6.96. The molecule has 4 N–H and O–H groups in total. The summed E-state index contributed by atoms with van der Waals surface area (Å²) in [6.45, 7) is 9.19. The fourth-order valence-corrected chi connectivity index (χ4v) is 1.39. The van der Waals surface area contributed by atoms with Gasteiger partial charge in [-0.3, -0.25) is 9.59 Å². The predicted octanol–water partition coefficient (Wildman–Crippen LogP) is 1.99. The number of aromatic nitrogens is 1. The first kappa shape index (κ1) is 17.1. The quantitative estimate of drug-likeness (QED) is 0.790. The number of pyridine rings is 1. The Kier molecular flexibility index (Phi) is 5.43. The van der Waals surface area contributed by atoms with E-state index in [0.717, 1.165) is 0 Å². The molecular formula is C15H24N4O2. The Morgan fingerprint density at radius 1 is 1.14 bits per heavy atom. The van der Waals surface area contributed by atoms with E-state index in [-0.39, 0.29) is 17.7 Å². The number of nitrogens with one attached hydrogen (secondary N) is 2. The summed E-state index contributed by atoms with van der Waals surface area (Å²) in [6.07, 6.45) is 0. The minimum absolute atomic E-state index is 0.0359. The van der Waals surface area contributed by atoms with Gasteiger partial charge in [-0.15, -0.1) is 0 Å². The number of nitrogens with two attached hydrogens (primary N) is 1. The van der Waals surface area contributed by atoms with Crippen LogP contribution < -0.4 is 16.4 Å². The average Bonchev–Trinajstić information content (AvgIpc) is 2.36. The second-order valence-corrected chi connectivity index (χ2v) is 6.37. The second kappa shape index (κ2) is 6.67. The van der Waals surface area contributed by atoms with Gasteiger partial charge in [0.25, 0.3) is 0 Å². The standard InChI is InChI=1S/C15H24N4O2/c1-9(2)12(16)13(20)18-10-7-6-8-11(17-10)19-14(21)15(3,4)5/h6-9,12H,16H2,1-5H3,(H2,17,18,19,20,21)/t12-/m0/s1. The Hall–Kier alpha value is -1.95. The number of rotatable bonds is 4. The van der Waals surface area contributed by atoms with Crippen molar-refractivity contribution in [1.29, 1.82) is 0 Å². The average molecular weight is 292 g/mol. The molecule has 0 aromatic carbocycles. The highest BCUT2D eigenvalue weighted by molar-refractivity contribution is 5.95. The lowest BCUT2D eigenvalue weighted by molar-refractivity contribution is -0.123. The minimum atomic E-state index is -0.598. The van der Waals surface area contributed by atoms with Crippen LogP contribution in [0.15, 0.2) is 18.2 Å². The van der Waals surface area contributed by atoms with Crippen LogP contribution in [0.5, 0.6) is 0 Å². The lowest BCUT2D eigenvalue weighted by atomic mass is 9.96. The number of hydrogen-bond acceptors (Lipinski definition) is 4. The largest absolute Gasteiger partial charge is 0.320 e. The zero-order valence-corrected chi connectivity index (χ0v) is 13.2. The summed E-state index contributed by atoms with van der Waals surface area (Å²) in [6, 6.07) is 4.43. The predicted molar refractivity (Wildman–Crippen MR) is 83.8 cm³/mol. The van der Waals surface area contributed by atoms with Gasteiger partial charge in [0, 0.05) is 5.41 Å². The summed E-state index contributed by atoms with van der Waals surface area (Å²) in [5, 5.41) is 5.36. The van der Waals surface area contributed by atoms with Crippen LogP contribution in [-0.2, 0) is 9.59 Å². The highest BCUT2D eigenvalue weighted by Gasteiger charge is 2.22. The normalized spacial score (nSPS) is 12.9. The summed E-state index contributed by atoms with van der Waals surface area (Å²) in [4.78, 5) is 28.0. The Balaban J connectivity index is 2.78. The van der Waals surface area contributed by atoms with Gasteiger partial charge in [-0.25, -0.2) is 4.98 Å². The molecule has 0 aliphatic carbocycles. The monoisotopic (exact) mass is 292 g/mol. The number of carbonyl (C=O) groups excluding carboxylic acids is 2. The van der Waals surface area contributed by atoms with Gasteiger partial charge in [-0.2, -0.15) is 0 Å². The zero-order valence-electron chi connectivity index (χ0n) is 13.2. The van der Waals surface area contributed by atoms with Gasteiger partial charge >= 0.3 is 0 Å². The fraction of sp³-hybridized carbons (Fsp3) is 0.533. The van der Waals surface area contributed by atoms with Crippen LogP contribution in [0.4, 0.5) is 11.6 Å². The number of carbonyl (C=O) groups is 2. The zero-order chi connectivity index (χ0) is 16.2. The van der Waals surface area contributed by atoms with Crippen molar-refractivity contribution < 1.29 is 9.59 Å². The maximum atomic E-state index is 11.9. The Labute approximate surface area is 125 Å². The molecule has 0 unspecified atom stereocenters. The summed E-state index contributed by atoms with van der Waals surface area (Å²) in [7, 11) is 0. The number of anilines is 2. The van der Waals surface area contributed by atoms with E-state index < -0.39 is 11.5 Å². The first-order valence-corrected chi connectivity index (χ1v) is 6.96. The van der Waals surface area contributed by atoms with Crippen LogP contribution in [0.25, 0.3) is 0 Å². The van der Waals surface area contributed by atoms with Crippen molar-refractivity contribution in [3.63, 3.8) is 0 Å². The summed E-state index contributed by atoms with van der Waals surface area (Å²) in [5.41, 5.74) is 5.26. The summed E-state index contributed by atoms with van der Waals surface area (Å²) >= 11 is 0. The van der Waals surface area contributed by atoms with Gasteiger partial charge in [-0.05, 0) is 18.1 Å². The summed E-state index contributed by atoms with van der Waals surface area (Å²) < 4.78 is 0. The molecule has 1 rings (SSSR count). The molecule has 0 aliphatic heterocycles. The second-order valence-electron chi connectivity index (χ2n) is 6.37. The Morgan fingerprint density at radius 2 is 1.67 bits per heavy atom. The molecule has 0 spiro atoms. The molecule has 1 atom stereocenters. The molecule has 1 aromatic heterocycles. The number of amides is 2. The molecule has 0 saturated carbocycles. The maximum absolute atomic E-state index is 11.9. The molecule has 0 fully saturated rings. The van der Waals surface area contributed by atoms with Gasteiger partial charge in [-0.1, -0.05) is 40.7 Å².